The van der Waals surface area contributed by atoms with Gasteiger partial charge >= 0.3 is 6.03 Å². The van der Waals surface area contributed by atoms with E-state index in [9.17, 15) is 9.59 Å². The summed E-state index contributed by atoms with van der Waals surface area (Å²) in [5.74, 6) is 0.420. The minimum absolute atomic E-state index is 0.0873. The van der Waals surface area contributed by atoms with Gasteiger partial charge in [-0.2, -0.15) is 0 Å². The maximum absolute atomic E-state index is 11.3. The van der Waals surface area contributed by atoms with E-state index in [0.29, 0.717) is 25.4 Å². The molecule has 0 unspecified atom stereocenters. The second-order valence-electron chi connectivity index (χ2n) is 3.85. The van der Waals surface area contributed by atoms with Crippen LogP contribution in [0.15, 0.2) is 0 Å². The molecule has 0 aromatic carbocycles. The summed E-state index contributed by atoms with van der Waals surface area (Å²) in [4.78, 5) is 22.4. The molecule has 0 atom stereocenters. The van der Waals surface area contributed by atoms with E-state index in [-0.39, 0.29) is 11.9 Å². The first-order chi connectivity index (χ1) is 6.59. The van der Waals surface area contributed by atoms with Gasteiger partial charge in [0.25, 0.3) is 0 Å². The fourth-order valence-electron chi connectivity index (χ4n) is 1.20. The van der Waals surface area contributed by atoms with Crippen molar-refractivity contribution in [2.24, 2.45) is 5.92 Å². The lowest BCUT2D eigenvalue weighted by Crippen LogP contribution is -2.44. The van der Waals surface area contributed by atoms with Crippen LogP contribution in [0.4, 0.5) is 4.79 Å². The van der Waals surface area contributed by atoms with Crippen LogP contribution < -0.4 is 10.7 Å². The van der Waals surface area contributed by atoms with E-state index in [0.717, 1.165) is 6.42 Å². The molecule has 2 N–H and O–H groups in total. The fraction of sp³-hybridized carbons (Fsp3) is 0.778. The summed E-state index contributed by atoms with van der Waals surface area (Å²) in [5, 5.41) is 3.93. The molecule has 1 rings (SSSR count). The Morgan fingerprint density at radius 3 is 2.86 bits per heavy atom. The molecule has 0 bridgehead atoms. The molecule has 1 heterocycles. The van der Waals surface area contributed by atoms with Gasteiger partial charge in [-0.05, 0) is 12.3 Å². The molecule has 1 saturated heterocycles. The van der Waals surface area contributed by atoms with E-state index in [4.69, 9.17) is 0 Å². The van der Waals surface area contributed by atoms with Gasteiger partial charge in [-0.25, -0.2) is 9.80 Å². The molecule has 1 fully saturated rings. The molecule has 3 amide bonds. The van der Waals surface area contributed by atoms with Crippen molar-refractivity contribution in [3.05, 3.63) is 0 Å². The molecule has 0 radical (unpaired) electrons. The molecule has 5 nitrogen and oxygen atoms in total. The number of hydrogen-bond donors (Lipinski definition) is 2. The highest BCUT2D eigenvalue weighted by atomic mass is 16.2. The number of hydrazine groups is 1. The molecule has 5 heteroatoms. The zero-order valence-electron chi connectivity index (χ0n) is 8.67. The average molecular weight is 199 g/mol. The highest BCUT2D eigenvalue weighted by Crippen LogP contribution is 2.03. The first-order valence-corrected chi connectivity index (χ1v) is 4.94. The number of rotatable bonds is 4. The lowest BCUT2D eigenvalue weighted by molar-refractivity contribution is -0.124. The van der Waals surface area contributed by atoms with Crippen LogP contribution >= 0.6 is 0 Å². The van der Waals surface area contributed by atoms with E-state index in [2.05, 4.69) is 24.6 Å². The minimum atomic E-state index is -0.220. The zero-order chi connectivity index (χ0) is 10.6. The third-order valence-corrected chi connectivity index (χ3v) is 2.07. The van der Waals surface area contributed by atoms with Crippen LogP contribution in [-0.2, 0) is 4.79 Å². The first kappa shape index (κ1) is 10.8. The smallest absolute Gasteiger partial charge is 0.335 e. The van der Waals surface area contributed by atoms with E-state index in [1.165, 1.54) is 5.01 Å². The summed E-state index contributed by atoms with van der Waals surface area (Å²) in [5.41, 5.74) is 2.57. The fourth-order valence-corrected chi connectivity index (χ4v) is 1.20. The van der Waals surface area contributed by atoms with Crippen molar-refractivity contribution in [3.8, 4) is 0 Å². The number of nitrogens with one attached hydrogen (secondary N) is 2. The molecule has 0 aliphatic carbocycles. The summed E-state index contributed by atoms with van der Waals surface area (Å²) in [7, 11) is 0. The Hall–Kier alpha value is -1.26. The predicted octanol–water partition coefficient (Wildman–Crippen LogP) is 0.479. The molecular formula is C9H17N3O2. The predicted molar refractivity (Wildman–Crippen MR) is 52.3 cm³/mol. The third-order valence-electron chi connectivity index (χ3n) is 2.07. The lowest BCUT2D eigenvalue weighted by atomic mass is 10.1. The summed E-state index contributed by atoms with van der Waals surface area (Å²) in [6.45, 7) is 5.28. The standard InChI is InChI=1S/C9H17N3O2/c1-7(2)3-4-8(13)11-12-6-5-10-9(12)14/h7H,3-6H2,1-2H3,(H,10,14)(H,11,13). The minimum Gasteiger partial charge on any atom is -0.335 e. The normalized spacial score (nSPS) is 15.9. The van der Waals surface area contributed by atoms with Gasteiger partial charge in [0, 0.05) is 13.0 Å². The molecule has 14 heavy (non-hydrogen) atoms. The largest absolute Gasteiger partial charge is 0.336 e. The molecule has 0 spiro atoms. The van der Waals surface area contributed by atoms with Crippen molar-refractivity contribution in [1.82, 2.24) is 15.8 Å². The van der Waals surface area contributed by atoms with Gasteiger partial charge in [-0.3, -0.25) is 10.2 Å². The van der Waals surface area contributed by atoms with Crippen molar-refractivity contribution < 1.29 is 9.59 Å². The maximum atomic E-state index is 11.3. The van der Waals surface area contributed by atoms with E-state index in [1.54, 1.807) is 0 Å². The van der Waals surface area contributed by atoms with Crippen molar-refractivity contribution in [3.63, 3.8) is 0 Å². The Bertz CT molecular complexity index is 228. The van der Waals surface area contributed by atoms with Crippen LogP contribution in [0, 0.1) is 5.92 Å². The summed E-state index contributed by atoms with van der Waals surface area (Å²) < 4.78 is 0. The second-order valence-corrected chi connectivity index (χ2v) is 3.85. The number of urea groups is 1. The Labute approximate surface area is 83.8 Å². The van der Waals surface area contributed by atoms with Gasteiger partial charge in [0.2, 0.25) is 5.91 Å². The number of carbonyl (C=O) groups is 2. The molecule has 0 aromatic rings. The van der Waals surface area contributed by atoms with E-state index < -0.39 is 0 Å². The SMILES string of the molecule is CC(C)CCC(=O)NN1CCNC1=O. The topological polar surface area (TPSA) is 61.4 Å². The van der Waals surface area contributed by atoms with Crippen LogP contribution in [0.25, 0.3) is 0 Å². The van der Waals surface area contributed by atoms with E-state index in [1.807, 2.05) is 0 Å². The van der Waals surface area contributed by atoms with Gasteiger partial charge in [0.05, 0.1) is 6.54 Å². The maximum Gasteiger partial charge on any atom is 0.336 e. The number of carbonyl (C=O) groups excluding carboxylic acids is 2. The van der Waals surface area contributed by atoms with Gasteiger partial charge in [0.1, 0.15) is 0 Å². The highest BCUT2D eigenvalue weighted by molar-refractivity contribution is 5.82. The second kappa shape index (κ2) is 4.83. The first-order valence-electron chi connectivity index (χ1n) is 4.94. The van der Waals surface area contributed by atoms with Crippen molar-refractivity contribution in [2.75, 3.05) is 13.1 Å². The molecule has 1 aliphatic rings. The monoisotopic (exact) mass is 199 g/mol. The van der Waals surface area contributed by atoms with Crippen molar-refractivity contribution in [1.29, 1.82) is 0 Å². The van der Waals surface area contributed by atoms with Gasteiger partial charge in [-0.15, -0.1) is 0 Å². The van der Waals surface area contributed by atoms with Crippen LogP contribution in [0.1, 0.15) is 26.7 Å². The number of amides is 3. The summed E-state index contributed by atoms with van der Waals surface area (Å²) in [6.07, 6.45) is 1.32. The Morgan fingerprint density at radius 1 is 1.64 bits per heavy atom. The highest BCUT2D eigenvalue weighted by Gasteiger charge is 2.20. The van der Waals surface area contributed by atoms with Crippen LogP contribution in [0.3, 0.4) is 0 Å². The van der Waals surface area contributed by atoms with Gasteiger partial charge in [0.15, 0.2) is 0 Å². The van der Waals surface area contributed by atoms with Gasteiger partial charge < -0.3 is 5.32 Å². The number of hydrogen-bond acceptors (Lipinski definition) is 2. The van der Waals surface area contributed by atoms with Crippen LogP contribution in [-0.4, -0.2) is 30.0 Å². The molecule has 0 aromatic heterocycles. The van der Waals surface area contributed by atoms with Crippen LogP contribution in [0.2, 0.25) is 0 Å². The molecule has 1 aliphatic heterocycles. The lowest BCUT2D eigenvalue weighted by Gasteiger charge is -2.15. The Balaban J connectivity index is 2.23. The molecule has 80 valence electrons. The van der Waals surface area contributed by atoms with Crippen molar-refractivity contribution >= 4 is 11.9 Å². The Kier molecular flexibility index (Phi) is 3.73. The summed E-state index contributed by atoms with van der Waals surface area (Å²) in [6, 6.07) is -0.220. The number of nitrogens with zero attached hydrogens (tertiary/aromatic N) is 1. The zero-order valence-corrected chi connectivity index (χ0v) is 8.67. The average Bonchev–Trinajstić information content (AvgIpc) is 2.49. The van der Waals surface area contributed by atoms with Crippen molar-refractivity contribution in [2.45, 2.75) is 26.7 Å². The molecule has 0 saturated carbocycles. The Morgan fingerprint density at radius 2 is 2.36 bits per heavy atom. The van der Waals surface area contributed by atoms with Gasteiger partial charge in [-0.1, -0.05) is 13.8 Å². The third kappa shape index (κ3) is 3.24. The van der Waals surface area contributed by atoms with E-state index >= 15 is 0 Å². The quantitative estimate of drug-likeness (QED) is 0.691. The van der Waals surface area contributed by atoms with Crippen LogP contribution in [0.5, 0.6) is 0 Å². The molecular weight excluding hydrogens is 182 g/mol. The summed E-state index contributed by atoms with van der Waals surface area (Å²) >= 11 is 0.